The van der Waals surface area contributed by atoms with E-state index >= 15 is 0 Å². The van der Waals surface area contributed by atoms with Gasteiger partial charge in [-0.1, -0.05) is 18.2 Å². The zero-order valence-electron chi connectivity index (χ0n) is 10.6. The summed E-state index contributed by atoms with van der Waals surface area (Å²) in [4.78, 5) is 4.88. The first kappa shape index (κ1) is 10.1. The van der Waals surface area contributed by atoms with Gasteiger partial charge in [0.05, 0.1) is 23.6 Å². The zero-order chi connectivity index (χ0) is 12.1. The molecule has 0 N–H and O–H groups in total. The highest BCUT2D eigenvalue weighted by molar-refractivity contribution is 6.03. The molecule has 0 spiro atoms. The van der Waals surface area contributed by atoms with Gasteiger partial charge in [-0.2, -0.15) is 0 Å². The molecule has 0 saturated heterocycles. The number of para-hydroxylation sites is 1. The van der Waals surface area contributed by atoms with Crippen molar-refractivity contribution < 1.29 is 0 Å². The Labute approximate surface area is 107 Å². The van der Waals surface area contributed by atoms with E-state index in [0.717, 1.165) is 6.54 Å². The van der Waals surface area contributed by atoms with Crippen LogP contribution in [0.5, 0.6) is 0 Å². The van der Waals surface area contributed by atoms with Crippen LogP contribution in [0.15, 0.2) is 41.4 Å². The quantitative estimate of drug-likeness (QED) is 0.721. The van der Waals surface area contributed by atoms with E-state index in [1.54, 1.807) is 0 Å². The summed E-state index contributed by atoms with van der Waals surface area (Å²) >= 11 is 0. The van der Waals surface area contributed by atoms with Crippen LogP contribution < -0.4 is 0 Å². The Morgan fingerprint density at radius 2 is 1.94 bits per heavy atom. The highest BCUT2D eigenvalue weighted by atomic mass is 15.0. The lowest BCUT2D eigenvalue weighted by atomic mass is 10.1. The lowest BCUT2D eigenvalue weighted by Crippen LogP contribution is -2.10. The number of aromatic nitrogens is 1. The Hall–Kier alpha value is -1.83. The van der Waals surface area contributed by atoms with Gasteiger partial charge in [-0.15, -0.1) is 0 Å². The van der Waals surface area contributed by atoms with Gasteiger partial charge < -0.3 is 4.57 Å². The molecule has 1 aliphatic heterocycles. The molecule has 2 heteroatoms. The first-order valence-electron chi connectivity index (χ1n) is 6.66. The van der Waals surface area contributed by atoms with E-state index in [2.05, 4.69) is 47.9 Å². The molecule has 2 aliphatic rings. The Balaban J connectivity index is 2.00. The lowest BCUT2D eigenvalue weighted by molar-refractivity contribution is 0.977. The number of benzene rings is 1. The molecule has 1 aromatic carbocycles. The standard InChI is InChI=1S/C16H16N2/c1-11-6-9-15-16(12-7-8-12)17-10-13-4-2-3-5-14(13)18(11)15/h2-6,9,12H,7-8,10H2,1H3. The Morgan fingerprint density at radius 1 is 1.11 bits per heavy atom. The maximum absolute atomic E-state index is 4.88. The smallest absolute Gasteiger partial charge is 0.0672 e. The van der Waals surface area contributed by atoms with E-state index in [-0.39, 0.29) is 0 Å². The predicted molar refractivity (Wildman–Crippen MR) is 73.5 cm³/mol. The van der Waals surface area contributed by atoms with Gasteiger partial charge in [0.2, 0.25) is 0 Å². The van der Waals surface area contributed by atoms with Gasteiger partial charge in [-0.25, -0.2) is 0 Å². The molecule has 1 aromatic heterocycles. The number of hydrogen-bond acceptors (Lipinski definition) is 1. The molecule has 2 heterocycles. The van der Waals surface area contributed by atoms with Crippen LogP contribution in [-0.2, 0) is 6.54 Å². The second-order valence-corrected chi connectivity index (χ2v) is 5.30. The molecule has 1 fully saturated rings. The molecule has 2 nitrogen and oxygen atoms in total. The Morgan fingerprint density at radius 3 is 2.78 bits per heavy atom. The van der Waals surface area contributed by atoms with Crippen LogP contribution in [0.2, 0.25) is 0 Å². The third kappa shape index (κ3) is 1.38. The van der Waals surface area contributed by atoms with Crippen LogP contribution in [0.3, 0.4) is 0 Å². The molecule has 2 aromatic rings. The minimum Gasteiger partial charge on any atom is -0.312 e. The Kier molecular flexibility index (Phi) is 2.01. The number of aliphatic imine (C=N–C) groups is 1. The average molecular weight is 236 g/mol. The van der Waals surface area contributed by atoms with Crippen LogP contribution in [-0.4, -0.2) is 10.3 Å². The maximum atomic E-state index is 4.88. The molecule has 90 valence electrons. The van der Waals surface area contributed by atoms with Crippen molar-refractivity contribution in [3.8, 4) is 5.69 Å². The fraction of sp³-hybridized carbons (Fsp3) is 0.312. The predicted octanol–water partition coefficient (Wildman–Crippen LogP) is 3.50. The van der Waals surface area contributed by atoms with Crippen molar-refractivity contribution in [2.24, 2.45) is 10.9 Å². The molecule has 4 rings (SSSR count). The van der Waals surface area contributed by atoms with E-state index < -0.39 is 0 Å². The van der Waals surface area contributed by atoms with E-state index in [1.165, 1.54) is 41.2 Å². The molecular weight excluding hydrogens is 220 g/mol. The molecule has 1 aliphatic carbocycles. The molecule has 0 unspecified atom stereocenters. The largest absolute Gasteiger partial charge is 0.312 e. The fourth-order valence-electron chi connectivity index (χ4n) is 2.87. The normalized spacial score (nSPS) is 17.7. The topological polar surface area (TPSA) is 17.3 Å². The monoisotopic (exact) mass is 236 g/mol. The van der Waals surface area contributed by atoms with E-state index in [9.17, 15) is 0 Å². The average Bonchev–Trinajstić information content (AvgIpc) is 3.16. The van der Waals surface area contributed by atoms with Gasteiger partial charge in [0, 0.05) is 11.6 Å². The van der Waals surface area contributed by atoms with Gasteiger partial charge in [0.1, 0.15) is 0 Å². The SMILES string of the molecule is Cc1ccc2n1-c1ccccc1CN=C2C1CC1. The summed E-state index contributed by atoms with van der Waals surface area (Å²) in [6.07, 6.45) is 2.61. The van der Waals surface area contributed by atoms with E-state index in [4.69, 9.17) is 4.99 Å². The molecular formula is C16H16N2. The van der Waals surface area contributed by atoms with E-state index in [0.29, 0.717) is 5.92 Å². The third-order valence-electron chi connectivity index (χ3n) is 3.95. The maximum Gasteiger partial charge on any atom is 0.0672 e. The van der Waals surface area contributed by atoms with Crippen LogP contribution in [0.1, 0.15) is 29.8 Å². The molecule has 0 radical (unpaired) electrons. The molecule has 0 amide bonds. The van der Waals surface area contributed by atoms with Crippen LogP contribution >= 0.6 is 0 Å². The zero-order valence-corrected chi connectivity index (χ0v) is 10.6. The van der Waals surface area contributed by atoms with Crippen LogP contribution in [0.25, 0.3) is 5.69 Å². The first-order valence-corrected chi connectivity index (χ1v) is 6.66. The van der Waals surface area contributed by atoms with Crippen molar-refractivity contribution >= 4 is 5.71 Å². The van der Waals surface area contributed by atoms with Gasteiger partial charge in [-0.3, -0.25) is 4.99 Å². The highest BCUT2D eigenvalue weighted by Crippen LogP contribution is 2.36. The molecule has 1 saturated carbocycles. The number of aryl methyl sites for hydroxylation is 1. The van der Waals surface area contributed by atoms with Gasteiger partial charge in [0.15, 0.2) is 0 Å². The highest BCUT2D eigenvalue weighted by Gasteiger charge is 2.31. The van der Waals surface area contributed by atoms with Gasteiger partial charge in [0.25, 0.3) is 0 Å². The van der Waals surface area contributed by atoms with Crippen molar-refractivity contribution in [3.63, 3.8) is 0 Å². The number of hydrogen-bond donors (Lipinski definition) is 0. The second-order valence-electron chi connectivity index (χ2n) is 5.30. The fourth-order valence-corrected chi connectivity index (χ4v) is 2.87. The molecule has 0 bridgehead atoms. The van der Waals surface area contributed by atoms with Crippen molar-refractivity contribution in [1.82, 2.24) is 4.57 Å². The van der Waals surface area contributed by atoms with E-state index in [1.807, 2.05) is 0 Å². The van der Waals surface area contributed by atoms with Crippen LogP contribution in [0.4, 0.5) is 0 Å². The van der Waals surface area contributed by atoms with Crippen molar-refractivity contribution in [2.45, 2.75) is 26.3 Å². The number of fused-ring (bicyclic) bond motifs is 3. The molecule has 0 atom stereocenters. The number of nitrogens with zero attached hydrogens (tertiary/aromatic N) is 2. The Bertz CT molecular complexity index is 645. The third-order valence-corrected chi connectivity index (χ3v) is 3.95. The minimum absolute atomic E-state index is 0.701. The van der Waals surface area contributed by atoms with Crippen molar-refractivity contribution in [3.05, 3.63) is 53.3 Å². The summed E-state index contributed by atoms with van der Waals surface area (Å²) in [5, 5.41) is 0. The minimum atomic E-state index is 0.701. The molecule has 18 heavy (non-hydrogen) atoms. The summed E-state index contributed by atoms with van der Waals surface area (Å²) in [7, 11) is 0. The summed E-state index contributed by atoms with van der Waals surface area (Å²) in [6.45, 7) is 3.00. The first-order chi connectivity index (χ1) is 8.84. The van der Waals surface area contributed by atoms with Crippen LogP contribution in [0, 0.1) is 12.8 Å². The van der Waals surface area contributed by atoms with Gasteiger partial charge >= 0.3 is 0 Å². The summed E-state index contributed by atoms with van der Waals surface area (Å²) in [5.41, 5.74) is 6.55. The summed E-state index contributed by atoms with van der Waals surface area (Å²) in [6, 6.07) is 13.1. The van der Waals surface area contributed by atoms with Gasteiger partial charge in [-0.05, 0) is 43.5 Å². The summed E-state index contributed by atoms with van der Waals surface area (Å²) in [5.74, 6) is 0.701. The van der Waals surface area contributed by atoms with Crippen molar-refractivity contribution in [2.75, 3.05) is 0 Å². The second kappa shape index (κ2) is 3.58. The van der Waals surface area contributed by atoms with Crippen molar-refractivity contribution in [1.29, 1.82) is 0 Å². The lowest BCUT2D eigenvalue weighted by Gasteiger charge is -2.12. The summed E-state index contributed by atoms with van der Waals surface area (Å²) < 4.78 is 2.37. The number of rotatable bonds is 1.